The highest BCUT2D eigenvalue weighted by molar-refractivity contribution is 7.99. The van der Waals surface area contributed by atoms with Crippen LogP contribution in [-0.2, 0) is 4.79 Å². The first kappa shape index (κ1) is 23.0. The van der Waals surface area contributed by atoms with Gasteiger partial charge in [-0.05, 0) is 41.4 Å². The first-order valence-electron chi connectivity index (χ1n) is 11.3. The van der Waals surface area contributed by atoms with Crippen molar-refractivity contribution >= 4 is 23.4 Å². The lowest BCUT2D eigenvalue weighted by Crippen LogP contribution is -2.60. The zero-order chi connectivity index (χ0) is 23.4. The number of thioether (sulfide) groups is 1. The molecular formula is C25H29N4O3S+. The average Bonchev–Trinajstić information content (AvgIpc) is 2.82. The molecule has 1 aliphatic rings. The van der Waals surface area contributed by atoms with Gasteiger partial charge in [-0.25, -0.2) is 4.90 Å². The second kappa shape index (κ2) is 10.2. The molecule has 1 unspecified atom stereocenters. The Morgan fingerprint density at radius 3 is 2.76 bits per heavy atom. The predicted octanol–water partition coefficient (Wildman–Crippen LogP) is 4.32. The molecule has 0 spiro atoms. The predicted molar refractivity (Wildman–Crippen MR) is 130 cm³/mol. The number of fused-ring (bicyclic) bond motifs is 3. The monoisotopic (exact) mass is 465 g/mol. The molecule has 0 aliphatic carbocycles. The quantitative estimate of drug-likeness (QED) is 0.305. The molecule has 33 heavy (non-hydrogen) atoms. The van der Waals surface area contributed by atoms with E-state index < -0.39 is 6.17 Å². The molecule has 172 valence electrons. The first-order chi connectivity index (χ1) is 16.0. The van der Waals surface area contributed by atoms with Gasteiger partial charge in [-0.1, -0.05) is 56.1 Å². The molecule has 1 aromatic heterocycles. The Morgan fingerprint density at radius 1 is 1.18 bits per heavy atom. The van der Waals surface area contributed by atoms with Gasteiger partial charge in [0.2, 0.25) is 11.1 Å². The number of unbranched alkanes of at least 4 members (excludes halogenated alkanes) is 3. The van der Waals surface area contributed by atoms with Gasteiger partial charge in [-0.2, -0.15) is 0 Å². The van der Waals surface area contributed by atoms with Crippen LogP contribution in [0.1, 0.15) is 51.3 Å². The number of H-pyrrole nitrogens is 1. The largest absolute Gasteiger partial charge is 0.497 e. The van der Waals surface area contributed by atoms with Crippen LogP contribution in [0.25, 0.3) is 11.3 Å². The molecule has 7 nitrogen and oxygen atoms in total. The molecule has 2 aromatic carbocycles. The standard InChI is InChI=1S/C25H28N4O3S/c1-4-5-6-9-15-33-25-26-23(31)22-20-13-7-8-14-21(20)28(17(2)30)24(29(22)27-25)18-11-10-12-19(16-18)32-3/h7-8,10-14,16,24H,4-6,9,15H2,1-3H3/p+1. The summed E-state index contributed by atoms with van der Waals surface area (Å²) in [7, 11) is 1.61. The van der Waals surface area contributed by atoms with Crippen LogP contribution in [0.2, 0.25) is 0 Å². The zero-order valence-electron chi connectivity index (χ0n) is 19.2. The third-order valence-corrected chi connectivity index (χ3v) is 6.68. The Labute approximate surface area is 197 Å². The molecule has 8 heteroatoms. The first-order valence-corrected chi connectivity index (χ1v) is 12.3. The SMILES string of the molecule is CCCCCCSc1n[n+]2c(c(=O)[nH]1)-c1ccccc1N(C(C)=O)C2c1cccc(OC)c1. The lowest BCUT2D eigenvalue weighted by Gasteiger charge is -2.31. The van der Waals surface area contributed by atoms with Crippen LogP contribution in [0.3, 0.4) is 0 Å². The maximum absolute atomic E-state index is 13.3. The van der Waals surface area contributed by atoms with Crippen molar-refractivity contribution < 1.29 is 14.2 Å². The van der Waals surface area contributed by atoms with Crippen molar-refractivity contribution in [1.29, 1.82) is 0 Å². The molecule has 0 saturated carbocycles. The van der Waals surface area contributed by atoms with E-state index >= 15 is 0 Å². The number of aromatic amines is 1. The normalized spacial score (nSPS) is 14.5. The van der Waals surface area contributed by atoms with Gasteiger partial charge in [-0.3, -0.25) is 14.6 Å². The highest BCUT2D eigenvalue weighted by Gasteiger charge is 2.44. The van der Waals surface area contributed by atoms with Gasteiger partial charge >= 0.3 is 11.3 Å². The number of hydrogen-bond donors (Lipinski definition) is 1. The molecule has 0 bridgehead atoms. The van der Waals surface area contributed by atoms with E-state index in [0.717, 1.165) is 24.2 Å². The number of para-hydroxylation sites is 1. The fraction of sp³-hybridized carbons (Fsp3) is 0.360. The number of rotatable bonds is 8. The summed E-state index contributed by atoms with van der Waals surface area (Å²) in [5.41, 5.74) is 2.39. The summed E-state index contributed by atoms with van der Waals surface area (Å²) < 4.78 is 7.11. The average molecular weight is 466 g/mol. The van der Waals surface area contributed by atoms with Gasteiger partial charge in [0, 0.05) is 23.3 Å². The summed E-state index contributed by atoms with van der Waals surface area (Å²) in [6.45, 7) is 3.72. The van der Waals surface area contributed by atoms with E-state index in [2.05, 4.69) is 11.9 Å². The number of ether oxygens (including phenoxy) is 1. The minimum Gasteiger partial charge on any atom is -0.497 e. The van der Waals surface area contributed by atoms with E-state index in [9.17, 15) is 9.59 Å². The molecule has 2 heterocycles. The zero-order valence-corrected chi connectivity index (χ0v) is 20.0. The van der Waals surface area contributed by atoms with E-state index in [4.69, 9.17) is 9.84 Å². The van der Waals surface area contributed by atoms with Crippen LogP contribution in [0.15, 0.2) is 58.5 Å². The molecule has 0 saturated heterocycles. The number of nitrogens with zero attached hydrogens (tertiary/aromatic N) is 3. The number of anilines is 1. The van der Waals surface area contributed by atoms with Crippen molar-refractivity contribution in [3.05, 3.63) is 64.4 Å². The fourth-order valence-corrected chi connectivity index (χ4v) is 5.03. The van der Waals surface area contributed by atoms with E-state index in [1.165, 1.54) is 31.5 Å². The molecular weight excluding hydrogens is 436 g/mol. The third-order valence-electron chi connectivity index (χ3n) is 5.73. The number of nitrogens with one attached hydrogen (secondary N) is 1. The smallest absolute Gasteiger partial charge is 0.325 e. The number of hydrogen-bond acceptors (Lipinski definition) is 5. The molecule has 3 aromatic rings. The van der Waals surface area contributed by atoms with Crippen LogP contribution in [-0.4, -0.2) is 28.9 Å². The van der Waals surface area contributed by atoms with Crippen molar-refractivity contribution in [2.24, 2.45) is 0 Å². The number of aromatic nitrogens is 3. The molecule has 4 rings (SSSR count). The van der Waals surface area contributed by atoms with Crippen molar-refractivity contribution in [3.63, 3.8) is 0 Å². The Hall–Kier alpha value is -3.13. The number of carbonyl (C=O) groups excluding carboxylic acids is 1. The molecule has 1 aliphatic heterocycles. The van der Waals surface area contributed by atoms with Gasteiger partial charge in [-0.15, -0.1) is 0 Å². The second-order valence-corrected chi connectivity index (χ2v) is 9.10. The van der Waals surface area contributed by atoms with E-state index in [1.807, 2.05) is 48.5 Å². The van der Waals surface area contributed by atoms with Crippen molar-refractivity contribution in [2.75, 3.05) is 17.8 Å². The second-order valence-electron chi connectivity index (χ2n) is 8.02. The van der Waals surface area contributed by atoms with Crippen molar-refractivity contribution in [2.45, 2.75) is 50.9 Å². The molecule has 0 fully saturated rings. The summed E-state index contributed by atoms with van der Waals surface area (Å²) in [5.74, 6) is 1.41. The van der Waals surface area contributed by atoms with E-state index in [1.54, 1.807) is 16.7 Å². The van der Waals surface area contributed by atoms with E-state index in [-0.39, 0.29) is 11.5 Å². The van der Waals surface area contributed by atoms with Gasteiger partial charge < -0.3 is 4.74 Å². The van der Waals surface area contributed by atoms with Gasteiger partial charge in [0.1, 0.15) is 5.75 Å². The summed E-state index contributed by atoms with van der Waals surface area (Å²) in [6.07, 6.45) is 3.99. The number of methoxy groups -OCH3 is 1. The Balaban J connectivity index is 1.86. The van der Waals surface area contributed by atoms with Gasteiger partial charge in [0.05, 0.1) is 18.4 Å². The lowest BCUT2D eigenvalue weighted by molar-refractivity contribution is -0.763. The Morgan fingerprint density at radius 2 is 2.00 bits per heavy atom. The van der Waals surface area contributed by atoms with E-state index in [0.29, 0.717) is 27.9 Å². The summed E-state index contributed by atoms with van der Waals surface area (Å²) in [4.78, 5) is 30.9. The van der Waals surface area contributed by atoms with Crippen LogP contribution in [0.5, 0.6) is 5.75 Å². The summed E-state index contributed by atoms with van der Waals surface area (Å²) in [5, 5.41) is 5.38. The molecule has 1 amide bonds. The van der Waals surface area contributed by atoms with Crippen LogP contribution in [0.4, 0.5) is 5.69 Å². The number of benzene rings is 2. The number of carbonyl (C=O) groups is 1. The molecule has 1 N–H and O–H groups in total. The topological polar surface area (TPSA) is 79.2 Å². The fourth-order valence-electron chi connectivity index (χ4n) is 4.18. The lowest BCUT2D eigenvalue weighted by atomic mass is 10.0. The summed E-state index contributed by atoms with van der Waals surface area (Å²) >= 11 is 1.54. The minimum atomic E-state index is -0.607. The third kappa shape index (κ3) is 4.66. The van der Waals surface area contributed by atoms with Crippen molar-refractivity contribution in [3.8, 4) is 17.0 Å². The minimum absolute atomic E-state index is 0.135. The van der Waals surface area contributed by atoms with Crippen LogP contribution in [0, 0.1) is 0 Å². The van der Waals surface area contributed by atoms with Gasteiger partial charge in [0.25, 0.3) is 6.17 Å². The Kier molecular flexibility index (Phi) is 7.13. The maximum Gasteiger partial charge on any atom is 0.325 e. The highest BCUT2D eigenvalue weighted by Crippen LogP contribution is 2.37. The summed E-state index contributed by atoms with van der Waals surface area (Å²) in [6, 6.07) is 15.0. The van der Waals surface area contributed by atoms with Crippen LogP contribution >= 0.6 is 11.8 Å². The number of amides is 1. The molecule has 1 atom stereocenters. The Bertz CT molecular complexity index is 1210. The maximum atomic E-state index is 13.3. The highest BCUT2D eigenvalue weighted by atomic mass is 32.2. The van der Waals surface area contributed by atoms with Crippen LogP contribution < -0.4 is 19.9 Å². The molecule has 0 radical (unpaired) electrons. The van der Waals surface area contributed by atoms with Crippen molar-refractivity contribution in [1.82, 2.24) is 10.1 Å². The van der Waals surface area contributed by atoms with Gasteiger partial charge in [0.15, 0.2) is 0 Å².